The van der Waals surface area contributed by atoms with Crippen LogP contribution in [-0.4, -0.2) is 11.9 Å². The number of nitrogens with two attached hydrogens (primary N) is 1. The van der Waals surface area contributed by atoms with Gasteiger partial charge in [0.25, 0.3) is 0 Å². The molecule has 3 heteroatoms. The Bertz CT molecular complexity index is 368. The highest BCUT2D eigenvalue weighted by Crippen LogP contribution is 2.31. The fraction of sp³-hybridized carbons (Fsp3) is 0.462. The summed E-state index contributed by atoms with van der Waals surface area (Å²) in [6, 6.07) is 7.83. The lowest BCUT2D eigenvalue weighted by atomic mass is 9.79. The van der Waals surface area contributed by atoms with E-state index in [-0.39, 0.29) is 11.9 Å². The molecule has 2 rings (SSSR count). The summed E-state index contributed by atoms with van der Waals surface area (Å²) in [4.78, 5) is 11.4. The highest BCUT2D eigenvalue weighted by atomic mass is 16.1. The van der Waals surface area contributed by atoms with E-state index in [0.717, 1.165) is 18.5 Å². The number of benzene rings is 1. The molecule has 3 N–H and O–H groups in total. The molecular weight excluding hydrogens is 200 g/mol. The first-order valence-electron chi connectivity index (χ1n) is 5.79. The van der Waals surface area contributed by atoms with Crippen LogP contribution in [0, 0.1) is 12.8 Å². The van der Waals surface area contributed by atoms with Crippen LogP contribution in [0.3, 0.4) is 0 Å². The van der Waals surface area contributed by atoms with E-state index in [1.54, 1.807) is 0 Å². The summed E-state index contributed by atoms with van der Waals surface area (Å²) in [5, 5.41) is 3.23. The maximum absolute atomic E-state index is 11.4. The molecule has 16 heavy (non-hydrogen) atoms. The molecule has 1 aromatic rings. The Balaban J connectivity index is 2.04. The van der Waals surface area contributed by atoms with Crippen LogP contribution in [0.1, 0.15) is 24.8 Å². The summed E-state index contributed by atoms with van der Waals surface area (Å²) in [6.45, 7) is 2.04. The lowest BCUT2D eigenvalue weighted by Crippen LogP contribution is -2.44. The number of hydrogen-bond donors (Lipinski definition) is 2. The number of rotatable bonds is 4. The third-order valence-corrected chi connectivity index (χ3v) is 3.30. The molecule has 0 aliphatic heterocycles. The molecule has 1 saturated carbocycles. The monoisotopic (exact) mass is 218 g/mol. The van der Waals surface area contributed by atoms with Gasteiger partial charge >= 0.3 is 0 Å². The van der Waals surface area contributed by atoms with Gasteiger partial charge in [0.05, 0.1) is 0 Å². The van der Waals surface area contributed by atoms with Crippen LogP contribution in [0.5, 0.6) is 0 Å². The Morgan fingerprint density at radius 1 is 1.38 bits per heavy atom. The minimum Gasteiger partial charge on any atom is -0.373 e. The molecule has 0 saturated heterocycles. The molecule has 1 atom stereocenters. The first-order valence-corrected chi connectivity index (χ1v) is 5.79. The van der Waals surface area contributed by atoms with Crippen molar-refractivity contribution >= 4 is 11.6 Å². The van der Waals surface area contributed by atoms with Gasteiger partial charge < -0.3 is 11.1 Å². The Hall–Kier alpha value is -1.51. The van der Waals surface area contributed by atoms with Gasteiger partial charge in [-0.2, -0.15) is 0 Å². The maximum Gasteiger partial charge on any atom is 0.240 e. The Morgan fingerprint density at radius 3 is 2.44 bits per heavy atom. The molecule has 1 unspecified atom stereocenters. The van der Waals surface area contributed by atoms with E-state index in [1.807, 2.05) is 31.2 Å². The van der Waals surface area contributed by atoms with Crippen LogP contribution in [0.25, 0.3) is 0 Å². The molecule has 3 nitrogen and oxygen atoms in total. The smallest absolute Gasteiger partial charge is 0.240 e. The Labute approximate surface area is 96.0 Å². The number of aryl methyl sites for hydroxylation is 1. The van der Waals surface area contributed by atoms with Crippen molar-refractivity contribution in [3.05, 3.63) is 29.8 Å². The second kappa shape index (κ2) is 4.56. The second-order valence-electron chi connectivity index (χ2n) is 4.58. The van der Waals surface area contributed by atoms with Gasteiger partial charge in [-0.05, 0) is 37.8 Å². The summed E-state index contributed by atoms with van der Waals surface area (Å²) in [7, 11) is 0. The fourth-order valence-corrected chi connectivity index (χ4v) is 2.02. The normalized spacial score (nSPS) is 17.6. The summed E-state index contributed by atoms with van der Waals surface area (Å²) >= 11 is 0. The van der Waals surface area contributed by atoms with Crippen molar-refractivity contribution in [2.45, 2.75) is 32.2 Å². The number of hydrogen-bond acceptors (Lipinski definition) is 2. The number of nitrogens with one attached hydrogen (secondary N) is 1. The third kappa shape index (κ3) is 2.35. The third-order valence-electron chi connectivity index (χ3n) is 3.30. The first-order chi connectivity index (χ1) is 7.66. The SMILES string of the molecule is Cc1ccc(NC(C(N)=O)C2CCC2)cc1. The summed E-state index contributed by atoms with van der Waals surface area (Å²) in [5.41, 5.74) is 7.61. The van der Waals surface area contributed by atoms with E-state index in [2.05, 4.69) is 5.32 Å². The zero-order chi connectivity index (χ0) is 11.5. The van der Waals surface area contributed by atoms with Gasteiger partial charge in [-0.3, -0.25) is 4.79 Å². The van der Waals surface area contributed by atoms with Gasteiger partial charge in [0.15, 0.2) is 0 Å². The quantitative estimate of drug-likeness (QED) is 0.812. The molecule has 0 radical (unpaired) electrons. The van der Waals surface area contributed by atoms with Crippen molar-refractivity contribution in [2.75, 3.05) is 5.32 Å². The lowest BCUT2D eigenvalue weighted by Gasteiger charge is -2.32. The van der Waals surface area contributed by atoms with Gasteiger partial charge in [-0.25, -0.2) is 0 Å². The largest absolute Gasteiger partial charge is 0.373 e. The average molecular weight is 218 g/mol. The van der Waals surface area contributed by atoms with E-state index in [9.17, 15) is 4.79 Å². The fourth-order valence-electron chi connectivity index (χ4n) is 2.02. The molecule has 0 spiro atoms. The van der Waals surface area contributed by atoms with Crippen LogP contribution in [0.4, 0.5) is 5.69 Å². The van der Waals surface area contributed by atoms with Crippen LogP contribution >= 0.6 is 0 Å². The van der Waals surface area contributed by atoms with Gasteiger partial charge in [0, 0.05) is 5.69 Å². The average Bonchev–Trinajstić information content (AvgIpc) is 2.17. The van der Waals surface area contributed by atoms with E-state index in [1.165, 1.54) is 12.0 Å². The Morgan fingerprint density at radius 2 is 2.00 bits per heavy atom. The van der Waals surface area contributed by atoms with Crippen LogP contribution in [-0.2, 0) is 4.79 Å². The molecule has 86 valence electrons. The van der Waals surface area contributed by atoms with Crippen LogP contribution < -0.4 is 11.1 Å². The van der Waals surface area contributed by atoms with Crippen LogP contribution in [0.2, 0.25) is 0 Å². The van der Waals surface area contributed by atoms with E-state index >= 15 is 0 Å². The minimum absolute atomic E-state index is 0.212. The number of carbonyl (C=O) groups is 1. The summed E-state index contributed by atoms with van der Waals surface area (Å²) in [6.07, 6.45) is 3.42. The summed E-state index contributed by atoms with van der Waals surface area (Å²) in [5.74, 6) is 0.170. The Kier molecular flexibility index (Phi) is 3.13. The predicted octanol–water partition coefficient (Wildman–Crippen LogP) is 2.06. The molecule has 1 amide bonds. The second-order valence-corrected chi connectivity index (χ2v) is 4.58. The number of amides is 1. The standard InChI is InChI=1S/C13H18N2O/c1-9-5-7-11(8-6-9)15-12(13(14)16)10-3-2-4-10/h5-8,10,12,15H,2-4H2,1H3,(H2,14,16). The van der Waals surface area contributed by atoms with Crippen molar-refractivity contribution in [3.8, 4) is 0 Å². The molecule has 1 aliphatic rings. The van der Waals surface area contributed by atoms with Crippen molar-refractivity contribution < 1.29 is 4.79 Å². The van der Waals surface area contributed by atoms with Gasteiger partial charge in [-0.15, -0.1) is 0 Å². The van der Waals surface area contributed by atoms with Crippen LogP contribution in [0.15, 0.2) is 24.3 Å². The minimum atomic E-state index is -0.245. The molecule has 1 fully saturated rings. The van der Waals surface area contributed by atoms with Gasteiger partial charge in [0.1, 0.15) is 6.04 Å². The highest BCUT2D eigenvalue weighted by molar-refractivity contribution is 5.83. The molecule has 0 bridgehead atoms. The van der Waals surface area contributed by atoms with Crippen molar-refractivity contribution in [1.82, 2.24) is 0 Å². The molecule has 1 aliphatic carbocycles. The van der Waals surface area contributed by atoms with E-state index < -0.39 is 0 Å². The highest BCUT2D eigenvalue weighted by Gasteiger charge is 2.30. The maximum atomic E-state index is 11.4. The van der Waals surface area contributed by atoms with Gasteiger partial charge in [0.2, 0.25) is 5.91 Å². The summed E-state index contributed by atoms with van der Waals surface area (Å²) < 4.78 is 0. The van der Waals surface area contributed by atoms with Crippen molar-refractivity contribution in [3.63, 3.8) is 0 Å². The predicted molar refractivity (Wildman–Crippen MR) is 65.1 cm³/mol. The van der Waals surface area contributed by atoms with Gasteiger partial charge in [-0.1, -0.05) is 24.1 Å². The lowest BCUT2D eigenvalue weighted by molar-refractivity contribution is -0.120. The zero-order valence-electron chi connectivity index (χ0n) is 9.57. The topological polar surface area (TPSA) is 55.1 Å². The first kappa shape index (κ1) is 11.0. The van der Waals surface area contributed by atoms with Crippen molar-refractivity contribution in [1.29, 1.82) is 0 Å². The zero-order valence-corrected chi connectivity index (χ0v) is 9.57. The number of primary amides is 1. The number of anilines is 1. The molecular formula is C13H18N2O. The molecule has 0 aromatic heterocycles. The van der Waals surface area contributed by atoms with E-state index in [4.69, 9.17) is 5.73 Å². The number of carbonyl (C=O) groups excluding carboxylic acids is 1. The van der Waals surface area contributed by atoms with E-state index in [0.29, 0.717) is 5.92 Å². The molecule has 0 heterocycles. The van der Waals surface area contributed by atoms with Crippen molar-refractivity contribution in [2.24, 2.45) is 11.7 Å². The molecule has 1 aromatic carbocycles.